The molecule has 1 aromatic rings. The minimum absolute atomic E-state index is 0.0651. The number of nitrogens with zero attached hydrogens (tertiary/aromatic N) is 2. The number of benzene rings is 1. The van der Waals surface area contributed by atoms with E-state index >= 15 is 0 Å². The molecule has 0 aliphatic carbocycles. The standard InChI is InChI=1S/C15H19IN2O3/c16-21-15(19)18-6-5-12-3-1-2-4-13(12)14(18)11-17-7-9-20-10-8-17/h1-4,14H,5-11H2. The molecule has 21 heavy (non-hydrogen) atoms. The molecule has 0 spiro atoms. The molecular weight excluding hydrogens is 383 g/mol. The first-order valence-electron chi connectivity index (χ1n) is 7.26. The van der Waals surface area contributed by atoms with E-state index < -0.39 is 0 Å². The Labute approximate surface area is 138 Å². The summed E-state index contributed by atoms with van der Waals surface area (Å²) >= 11 is 1.67. The zero-order valence-electron chi connectivity index (χ0n) is 11.8. The highest BCUT2D eigenvalue weighted by atomic mass is 127. The van der Waals surface area contributed by atoms with Crippen molar-refractivity contribution in [2.75, 3.05) is 39.4 Å². The number of halogens is 1. The molecule has 0 saturated carbocycles. The third kappa shape index (κ3) is 3.32. The van der Waals surface area contributed by atoms with E-state index in [1.165, 1.54) is 11.1 Å². The molecule has 114 valence electrons. The van der Waals surface area contributed by atoms with Crippen LogP contribution in [0.3, 0.4) is 0 Å². The number of amides is 1. The summed E-state index contributed by atoms with van der Waals surface area (Å²) in [5.74, 6) is 0. The predicted octanol–water partition coefficient (Wildman–Crippen LogP) is 2.40. The molecule has 2 aliphatic heterocycles. The van der Waals surface area contributed by atoms with Crippen molar-refractivity contribution >= 4 is 29.1 Å². The van der Waals surface area contributed by atoms with Crippen molar-refractivity contribution in [1.82, 2.24) is 9.80 Å². The topological polar surface area (TPSA) is 42.0 Å². The van der Waals surface area contributed by atoms with E-state index in [4.69, 9.17) is 7.80 Å². The lowest BCUT2D eigenvalue weighted by molar-refractivity contribution is 0.0232. The molecule has 1 atom stereocenters. The van der Waals surface area contributed by atoms with Crippen LogP contribution in [0, 0.1) is 0 Å². The molecule has 1 saturated heterocycles. The summed E-state index contributed by atoms with van der Waals surface area (Å²) < 4.78 is 10.3. The van der Waals surface area contributed by atoms with Gasteiger partial charge in [0, 0.05) is 26.2 Å². The van der Waals surface area contributed by atoms with Crippen LogP contribution in [0.4, 0.5) is 4.79 Å². The number of carbonyl (C=O) groups excluding carboxylic acids is 1. The van der Waals surface area contributed by atoms with Crippen molar-refractivity contribution in [3.05, 3.63) is 35.4 Å². The molecule has 1 unspecified atom stereocenters. The molecule has 1 amide bonds. The van der Waals surface area contributed by atoms with Gasteiger partial charge in [-0.1, -0.05) is 24.3 Å². The molecule has 3 rings (SSSR count). The lowest BCUT2D eigenvalue weighted by atomic mass is 9.92. The van der Waals surface area contributed by atoms with Crippen LogP contribution in [0.1, 0.15) is 17.2 Å². The van der Waals surface area contributed by atoms with Gasteiger partial charge in [-0.2, -0.15) is 0 Å². The summed E-state index contributed by atoms with van der Waals surface area (Å²) in [4.78, 5) is 16.3. The van der Waals surface area contributed by atoms with Gasteiger partial charge in [0.1, 0.15) is 0 Å². The zero-order chi connectivity index (χ0) is 14.7. The fourth-order valence-electron chi connectivity index (χ4n) is 3.14. The second kappa shape index (κ2) is 6.93. The first kappa shape index (κ1) is 15.1. The second-order valence-electron chi connectivity index (χ2n) is 5.41. The quantitative estimate of drug-likeness (QED) is 0.713. The van der Waals surface area contributed by atoms with Gasteiger partial charge in [0.2, 0.25) is 0 Å². The number of carbonyl (C=O) groups is 1. The zero-order valence-corrected chi connectivity index (χ0v) is 14.0. The summed E-state index contributed by atoms with van der Waals surface area (Å²) in [6.45, 7) is 4.94. The Morgan fingerprint density at radius 3 is 2.81 bits per heavy atom. The van der Waals surface area contributed by atoms with Gasteiger partial charge in [0.15, 0.2) is 23.0 Å². The van der Waals surface area contributed by atoms with Crippen LogP contribution < -0.4 is 0 Å². The third-order valence-electron chi connectivity index (χ3n) is 4.25. The van der Waals surface area contributed by atoms with Crippen molar-refractivity contribution in [2.24, 2.45) is 0 Å². The van der Waals surface area contributed by atoms with Crippen molar-refractivity contribution in [3.8, 4) is 0 Å². The van der Waals surface area contributed by atoms with E-state index in [1.54, 1.807) is 23.0 Å². The molecule has 0 radical (unpaired) electrons. The number of morpholine rings is 1. The van der Waals surface area contributed by atoms with E-state index in [1.807, 2.05) is 11.0 Å². The monoisotopic (exact) mass is 402 g/mol. The Kier molecular flexibility index (Phi) is 4.97. The van der Waals surface area contributed by atoms with Crippen molar-refractivity contribution in [2.45, 2.75) is 12.5 Å². The maximum atomic E-state index is 12.1. The van der Waals surface area contributed by atoms with Crippen LogP contribution in [0.15, 0.2) is 24.3 Å². The van der Waals surface area contributed by atoms with Crippen LogP contribution in [0.5, 0.6) is 0 Å². The van der Waals surface area contributed by atoms with Crippen LogP contribution in [-0.4, -0.2) is 55.3 Å². The summed E-state index contributed by atoms with van der Waals surface area (Å²) in [5.41, 5.74) is 2.59. The normalized spacial score (nSPS) is 22.7. The average Bonchev–Trinajstić information content (AvgIpc) is 2.55. The van der Waals surface area contributed by atoms with Crippen molar-refractivity contribution in [3.63, 3.8) is 0 Å². The van der Waals surface area contributed by atoms with Crippen LogP contribution in [0.2, 0.25) is 0 Å². The van der Waals surface area contributed by atoms with Gasteiger partial charge in [-0.3, -0.25) is 9.80 Å². The second-order valence-corrected chi connectivity index (χ2v) is 5.85. The minimum atomic E-state index is -0.247. The van der Waals surface area contributed by atoms with Gasteiger partial charge in [-0.25, -0.2) is 4.79 Å². The Bertz CT molecular complexity index is 505. The molecule has 0 N–H and O–H groups in total. The maximum Gasteiger partial charge on any atom is 0.419 e. The maximum absolute atomic E-state index is 12.1. The lowest BCUT2D eigenvalue weighted by Crippen LogP contribution is -2.47. The SMILES string of the molecule is O=C(OI)N1CCc2ccccc2C1CN1CCOCC1. The van der Waals surface area contributed by atoms with E-state index in [9.17, 15) is 4.79 Å². The number of fused-ring (bicyclic) bond motifs is 1. The summed E-state index contributed by atoms with van der Waals surface area (Å²) in [7, 11) is 0. The fourth-order valence-corrected chi connectivity index (χ4v) is 3.39. The van der Waals surface area contributed by atoms with E-state index in [0.717, 1.165) is 39.3 Å². The van der Waals surface area contributed by atoms with Crippen LogP contribution >= 0.6 is 23.0 Å². The van der Waals surface area contributed by atoms with Crippen LogP contribution in [-0.2, 0) is 14.2 Å². The van der Waals surface area contributed by atoms with Crippen molar-refractivity contribution in [1.29, 1.82) is 0 Å². The first-order valence-corrected chi connectivity index (χ1v) is 8.15. The van der Waals surface area contributed by atoms with Gasteiger partial charge in [-0.05, 0) is 17.5 Å². The van der Waals surface area contributed by atoms with Gasteiger partial charge >= 0.3 is 6.09 Å². The lowest BCUT2D eigenvalue weighted by Gasteiger charge is -2.39. The highest BCUT2D eigenvalue weighted by Crippen LogP contribution is 2.31. The fraction of sp³-hybridized carbons (Fsp3) is 0.533. The number of rotatable bonds is 2. The molecule has 2 heterocycles. The van der Waals surface area contributed by atoms with E-state index in [2.05, 4.69) is 23.1 Å². The number of hydrogen-bond donors (Lipinski definition) is 0. The van der Waals surface area contributed by atoms with Gasteiger partial charge in [0.25, 0.3) is 0 Å². The number of hydrogen-bond acceptors (Lipinski definition) is 4. The Morgan fingerprint density at radius 1 is 1.29 bits per heavy atom. The Balaban J connectivity index is 1.84. The largest absolute Gasteiger partial charge is 0.419 e. The number of ether oxygens (including phenoxy) is 1. The predicted molar refractivity (Wildman–Crippen MR) is 87.4 cm³/mol. The Morgan fingerprint density at radius 2 is 2.05 bits per heavy atom. The summed E-state index contributed by atoms with van der Waals surface area (Å²) in [5, 5.41) is 0. The van der Waals surface area contributed by atoms with Crippen LogP contribution in [0.25, 0.3) is 0 Å². The van der Waals surface area contributed by atoms with E-state index in [-0.39, 0.29) is 12.1 Å². The molecule has 6 heteroatoms. The molecule has 1 fully saturated rings. The molecule has 2 aliphatic rings. The highest BCUT2D eigenvalue weighted by molar-refractivity contribution is 14.1. The summed E-state index contributed by atoms with van der Waals surface area (Å²) in [6.07, 6.45) is 0.644. The molecule has 1 aromatic carbocycles. The Hall–Kier alpha value is -0.860. The molecule has 0 bridgehead atoms. The smallest absolute Gasteiger partial charge is 0.379 e. The molecule has 5 nitrogen and oxygen atoms in total. The van der Waals surface area contributed by atoms with E-state index in [0.29, 0.717) is 6.54 Å². The van der Waals surface area contributed by atoms with Gasteiger partial charge in [-0.15, -0.1) is 0 Å². The van der Waals surface area contributed by atoms with Crippen molar-refractivity contribution < 1.29 is 12.6 Å². The molecular formula is C15H19IN2O3. The minimum Gasteiger partial charge on any atom is -0.379 e. The highest BCUT2D eigenvalue weighted by Gasteiger charge is 2.33. The van der Waals surface area contributed by atoms with Gasteiger partial charge in [0.05, 0.1) is 19.3 Å². The first-order chi connectivity index (χ1) is 10.3. The molecule has 0 aromatic heterocycles. The average molecular weight is 402 g/mol. The summed E-state index contributed by atoms with van der Waals surface area (Å²) in [6, 6.07) is 8.47. The third-order valence-corrected chi connectivity index (χ3v) is 4.62. The van der Waals surface area contributed by atoms with Gasteiger partial charge < -0.3 is 7.80 Å².